The number of nitrogens with one attached hydrogen (secondary N) is 1. The molecule has 2 heterocycles. The summed E-state index contributed by atoms with van der Waals surface area (Å²) in [6, 6.07) is 0.677. The van der Waals surface area contributed by atoms with Gasteiger partial charge in [-0.25, -0.2) is 13.4 Å². The number of anilines is 1. The molecule has 20 heavy (non-hydrogen) atoms. The number of thiazole rings is 1. The van der Waals surface area contributed by atoms with Crippen molar-refractivity contribution in [1.82, 2.24) is 10.3 Å². The van der Waals surface area contributed by atoms with Crippen LogP contribution in [0, 0.1) is 0 Å². The Balaban J connectivity index is 1.72. The van der Waals surface area contributed by atoms with Crippen molar-refractivity contribution in [2.24, 2.45) is 0 Å². The highest BCUT2D eigenvalue weighted by Gasteiger charge is 2.32. The second-order valence-electron chi connectivity index (χ2n) is 5.32. The van der Waals surface area contributed by atoms with Crippen molar-refractivity contribution in [3.8, 4) is 0 Å². The molecule has 1 aromatic heterocycles. The number of hydrogen-bond donors (Lipinski definition) is 1. The molecule has 1 aromatic rings. The van der Waals surface area contributed by atoms with Gasteiger partial charge in [-0.1, -0.05) is 0 Å². The van der Waals surface area contributed by atoms with E-state index in [-0.39, 0.29) is 0 Å². The molecule has 0 spiro atoms. The van der Waals surface area contributed by atoms with E-state index in [9.17, 15) is 8.42 Å². The van der Waals surface area contributed by atoms with Crippen molar-refractivity contribution in [1.29, 1.82) is 0 Å². The van der Waals surface area contributed by atoms with Crippen LogP contribution in [0.1, 0.15) is 17.7 Å². The molecule has 0 amide bonds. The Morgan fingerprint density at radius 3 is 3.00 bits per heavy atom. The van der Waals surface area contributed by atoms with E-state index in [0.717, 1.165) is 24.0 Å². The molecule has 1 saturated heterocycles. The maximum Gasteiger partial charge on any atom is 0.186 e. The molecule has 1 N–H and O–H groups in total. The van der Waals surface area contributed by atoms with Crippen molar-refractivity contribution in [3.63, 3.8) is 0 Å². The van der Waals surface area contributed by atoms with Gasteiger partial charge in [-0.05, 0) is 12.8 Å². The largest absolute Gasteiger partial charge is 0.330 e. The fourth-order valence-electron chi connectivity index (χ4n) is 2.20. The second kappa shape index (κ2) is 5.82. The monoisotopic (exact) mass is 333 g/mol. The Bertz CT molecular complexity index is 568. The van der Waals surface area contributed by atoms with Crippen LogP contribution in [0.15, 0.2) is 6.20 Å². The van der Waals surface area contributed by atoms with Crippen molar-refractivity contribution in [2.75, 3.05) is 29.2 Å². The van der Waals surface area contributed by atoms with Crippen LogP contribution in [-0.4, -0.2) is 49.1 Å². The minimum absolute atomic E-state index is 0.434. The molecule has 2 fully saturated rings. The zero-order valence-corrected chi connectivity index (χ0v) is 13.9. The maximum absolute atomic E-state index is 11.9. The molecular weight excluding hydrogens is 314 g/mol. The van der Waals surface area contributed by atoms with E-state index in [0.29, 0.717) is 11.8 Å². The lowest BCUT2D eigenvalue weighted by Crippen LogP contribution is -2.47. The zero-order valence-electron chi connectivity index (χ0n) is 11.4. The smallest absolute Gasteiger partial charge is 0.186 e. The van der Waals surface area contributed by atoms with Gasteiger partial charge >= 0.3 is 0 Å². The lowest BCUT2D eigenvalue weighted by molar-refractivity contribution is 0.584. The summed E-state index contributed by atoms with van der Waals surface area (Å²) < 4.78 is 23.8. The van der Waals surface area contributed by atoms with Crippen LogP contribution >= 0.6 is 23.1 Å². The highest BCUT2D eigenvalue weighted by molar-refractivity contribution is 8.01. The van der Waals surface area contributed by atoms with Gasteiger partial charge in [0.1, 0.15) is 5.37 Å². The van der Waals surface area contributed by atoms with E-state index in [2.05, 4.69) is 10.3 Å². The van der Waals surface area contributed by atoms with Crippen LogP contribution in [0.3, 0.4) is 0 Å². The van der Waals surface area contributed by atoms with E-state index in [1.54, 1.807) is 23.1 Å². The fourth-order valence-corrected chi connectivity index (χ4v) is 6.02. The molecule has 2 aliphatic rings. The predicted molar refractivity (Wildman–Crippen MR) is 85.3 cm³/mol. The summed E-state index contributed by atoms with van der Waals surface area (Å²) in [4.78, 5) is 7.57. The lowest BCUT2D eigenvalue weighted by atomic mass is 10.5. The van der Waals surface area contributed by atoms with E-state index >= 15 is 0 Å². The van der Waals surface area contributed by atoms with Crippen LogP contribution in [0.25, 0.3) is 0 Å². The quantitative estimate of drug-likeness (QED) is 0.877. The lowest BCUT2D eigenvalue weighted by Gasteiger charge is -2.33. The van der Waals surface area contributed by atoms with E-state index in [1.807, 2.05) is 11.1 Å². The maximum atomic E-state index is 11.9. The normalized spacial score (nSPS) is 24.1. The standard InChI is InChI=1S/C12H19N3O2S3/c1-20(16,17)11-8-18-5-4-15(11)12-14-7-10(19-12)6-13-9-2-3-9/h7,9,11,13H,2-6,8H2,1H3. The molecule has 8 heteroatoms. The Morgan fingerprint density at radius 1 is 1.50 bits per heavy atom. The number of aromatic nitrogens is 1. The third-order valence-electron chi connectivity index (χ3n) is 3.51. The average Bonchev–Trinajstić information content (AvgIpc) is 3.12. The van der Waals surface area contributed by atoms with Gasteiger partial charge in [0.2, 0.25) is 0 Å². The molecule has 0 bridgehead atoms. The first-order valence-corrected chi connectivity index (χ1v) is 10.7. The van der Waals surface area contributed by atoms with E-state index < -0.39 is 15.2 Å². The molecule has 1 saturated carbocycles. The summed E-state index contributed by atoms with van der Waals surface area (Å²) in [7, 11) is -3.07. The Kier molecular flexibility index (Phi) is 4.26. The van der Waals surface area contributed by atoms with Crippen molar-refractivity contribution < 1.29 is 8.42 Å². The van der Waals surface area contributed by atoms with Crippen molar-refractivity contribution >= 4 is 38.1 Å². The van der Waals surface area contributed by atoms with Crippen LogP contribution in [0.4, 0.5) is 5.13 Å². The molecule has 112 valence electrons. The van der Waals surface area contributed by atoms with Crippen LogP contribution in [0.2, 0.25) is 0 Å². The Hall–Kier alpha value is -0.310. The molecule has 0 aromatic carbocycles. The topological polar surface area (TPSA) is 62.3 Å². The first kappa shape index (κ1) is 14.6. The van der Waals surface area contributed by atoms with Gasteiger partial charge in [0, 0.05) is 48.0 Å². The molecule has 0 radical (unpaired) electrons. The Labute approximate surface area is 128 Å². The highest BCUT2D eigenvalue weighted by Crippen LogP contribution is 2.30. The van der Waals surface area contributed by atoms with E-state index in [4.69, 9.17) is 0 Å². The highest BCUT2D eigenvalue weighted by atomic mass is 32.2. The number of sulfone groups is 1. The number of hydrogen-bond acceptors (Lipinski definition) is 7. The second-order valence-corrected chi connectivity index (χ2v) is 9.76. The molecule has 1 aliphatic carbocycles. The summed E-state index contributed by atoms with van der Waals surface area (Å²) in [5.74, 6) is 1.59. The fraction of sp³-hybridized carbons (Fsp3) is 0.750. The molecule has 5 nitrogen and oxygen atoms in total. The predicted octanol–water partition coefficient (Wildman–Crippen LogP) is 1.32. The van der Waals surface area contributed by atoms with E-state index in [1.165, 1.54) is 24.0 Å². The van der Waals surface area contributed by atoms with Gasteiger partial charge < -0.3 is 10.2 Å². The summed E-state index contributed by atoms with van der Waals surface area (Å²) in [5.41, 5.74) is 0. The van der Waals surface area contributed by atoms with Gasteiger partial charge in [-0.3, -0.25) is 0 Å². The van der Waals surface area contributed by atoms with Gasteiger partial charge in [-0.2, -0.15) is 11.8 Å². The molecule has 1 unspecified atom stereocenters. The van der Waals surface area contributed by atoms with Crippen LogP contribution < -0.4 is 10.2 Å². The van der Waals surface area contributed by atoms with Crippen molar-refractivity contribution in [2.45, 2.75) is 30.8 Å². The third-order valence-corrected chi connectivity index (χ3v) is 7.19. The summed E-state index contributed by atoms with van der Waals surface area (Å²) in [6.45, 7) is 1.60. The van der Waals surface area contributed by atoms with Crippen LogP contribution in [-0.2, 0) is 16.4 Å². The molecule has 1 aliphatic heterocycles. The van der Waals surface area contributed by atoms with Crippen LogP contribution in [0.5, 0.6) is 0 Å². The molecular formula is C12H19N3O2S3. The van der Waals surface area contributed by atoms with Gasteiger partial charge in [0.05, 0.1) is 0 Å². The minimum Gasteiger partial charge on any atom is -0.330 e. The Morgan fingerprint density at radius 2 is 2.30 bits per heavy atom. The first-order chi connectivity index (χ1) is 9.54. The average molecular weight is 334 g/mol. The number of nitrogens with zero attached hydrogens (tertiary/aromatic N) is 2. The van der Waals surface area contributed by atoms with Gasteiger partial charge in [0.25, 0.3) is 0 Å². The molecule has 3 rings (SSSR count). The third kappa shape index (κ3) is 3.47. The summed E-state index contributed by atoms with van der Waals surface area (Å²) in [5, 5.41) is 3.87. The van der Waals surface area contributed by atoms with Crippen molar-refractivity contribution in [3.05, 3.63) is 11.1 Å². The summed E-state index contributed by atoms with van der Waals surface area (Å²) in [6.07, 6.45) is 5.73. The number of rotatable bonds is 5. The zero-order chi connectivity index (χ0) is 14.2. The first-order valence-electron chi connectivity index (χ1n) is 6.75. The SMILES string of the molecule is CS(=O)(=O)C1CSCCN1c1ncc(CNC2CC2)s1. The van der Waals surface area contributed by atoms with Gasteiger partial charge in [0.15, 0.2) is 15.0 Å². The summed E-state index contributed by atoms with van der Waals surface area (Å²) >= 11 is 3.31. The number of thioether (sulfide) groups is 1. The van der Waals surface area contributed by atoms with Gasteiger partial charge in [-0.15, -0.1) is 11.3 Å². The minimum atomic E-state index is -3.07. The molecule has 1 atom stereocenters.